The fraction of sp³-hybridized carbons (Fsp3) is 0.667. The third kappa shape index (κ3) is 4.24. The van der Waals surface area contributed by atoms with Crippen LogP contribution in [0.25, 0.3) is 0 Å². The molecule has 0 aliphatic carbocycles. The molecule has 1 fully saturated rings. The monoisotopic (exact) mass is 276 g/mol. The van der Waals surface area contributed by atoms with Crippen LogP contribution in [0.15, 0.2) is 35.6 Å². The Morgan fingerprint density at radius 1 is 1.20 bits per heavy atom. The molecule has 0 aromatic carbocycles. The first-order valence-electron chi connectivity index (χ1n) is 8.05. The van der Waals surface area contributed by atoms with Crippen molar-refractivity contribution in [3.8, 4) is 0 Å². The van der Waals surface area contributed by atoms with Crippen LogP contribution in [0.2, 0.25) is 0 Å². The van der Waals surface area contributed by atoms with Crippen LogP contribution >= 0.6 is 0 Å². The molecule has 1 saturated heterocycles. The zero-order valence-corrected chi connectivity index (χ0v) is 14.1. The normalized spacial score (nSPS) is 20.1. The molecular formula is C18H32N2. The highest BCUT2D eigenvalue weighted by Crippen LogP contribution is 2.26. The van der Waals surface area contributed by atoms with Gasteiger partial charge in [0.25, 0.3) is 0 Å². The van der Waals surface area contributed by atoms with E-state index in [0.29, 0.717) is 5.92 Å². The molecule has 1 heterocycles. The molecule has 0 radical (unpaired) electrons. The Morgan fingerprint density at radius 3 is 2.25 bits per heavy atom. The van der Waals surface area contributed by atoms with Gasteiger partial charge in [0.2, 0.25) is 0 Å². The molecule has 2 heteroatoms. The summed E-state index contributed by atoms with van der Waals surface area (Å²) in [6.07, 6.45) is 5.55. The van der Waals surface area contributed by atoms with Gasteiger partial charge in [-0.2, -0.15) is 0 Å². The molecule has 1 aliphatic rings. The maximum Gasteiger partial charge on any atom is 0.0367 e. The summed E-state index contributed by atoms with van der Waals surface area (Å²) in [7, 11) is 0. The van der Waals surface area contributed by atoms with Gasteiger partial charge in [0.15, 0.2) is 0 Å². The second kappa shape index (κ2) is 8.31. The third-order valence-electron chi connectivity index (χ3n) is 4.62. The molecule has 1 atom stereocenters. The minimum Gasteiger partial charge on any atom is -0.369 e. The molecule has 1 aliphatic heterocycles. The first-order valence-corrected chi connectivity index (χ1v) is 8.05. The Kier molecular flexibility index (Phi) is 7.08. The van der Waals surface area contributed by atoms with Gasteiger partial charge in [-0.05, 0) is 38.3 Å². The second-order valence-corrected chi connectivity index (χ2v) is 5.77. The Morgan fingerprint density at radius 2 is 1.80 bits per heavy atom. The standard InChI is InChI=1S/C18H32N2/c1-7-10-18(16(5)15(4)8-2)17(6)20-13-11-19(9-3)12-14-20/h7,10,15H,6,8-9,11-14H2,1-5H3/b10-7-,18-16+. The van der Waals surface area contributed by atoms with E-state index in [2.05, 4.69) is 63.1 Å². The quantitative estimate of drug-likeness (QED) is 0.675. The van der Waals surface area contributed by atoms with Crippen LogP contribution in [0.5, 0.6) is 0 Å². The lowest BCUT2D eigenvalue weighted by molar-refractivity contribution is 0.168. The third-order valence-corrected chi connectivity index (χ3v) is 4.62. The van der Waals surface area contributed by atoms with E-state index in [1.54, 1.807) is 0 Å². The Labute approximate surface area is 125 Å². The molecule has 1 rings (SSSR count). The van der Waals surface area contributed by atoms with Crippen LogP contribution in [-0.4, -0.2) is 42.5 Å². The number of hydrogen-bond donors (Lipinski definition) is 0. The van der Waals surface area contributed by atoms with E-state index >= 15 is 0 Å². The lowest BCUT2D eigenvalue weighted by Crippen LogP contribution is -2.45. The van der Waals surface area contributed by atoms with Crippen LogP contribution in [-0.2, 0) is 0 Å². The van der Waals surface area contributed by atoms with Gasteiger partial charge in [0.1, 0.15) is 0 Å². The van der Waals surface area contributed by atoms with E-state index in [-0.39, 0.29) is 0 Å². The molecule has 0 amide bonds. The molecule has 0 N–H and O–H groups in total. The average Bonchev–Trinajstić information content (AvgIpc) is 2.50. The summed E-state index contributed by atoms with van der Waals surface area (Å²) in [5, 5.41) is 0. The summed E-state index contributed by atoms with van der Waals surface area (Å²) in [5.41, 5.74) is 4.01. The highest BCUT2D eigenvalue weighted by atomic mass is 15.3. The lowest BCUT2D eigenvalue weighted by atomic mass is 9.93. The molecule has 1 unspecified atom stereocenters. The van der Waals surface area contributed by atoms with Crippen molar-refractivity contribution in [1.29, 1.82) is 0 Å². The molecule has 0 aromatic heterocycles. The van der Waals surface area contributed by atoms with Crippen LogP contribution in [0.1, 0.15) is 41.0 Å². The van der Waals surface area contributed by atoms with Crippen molar-refractivity contribution in [1.82, 2.24) is 9.80 Å². The summed E-state index contributed by atoms with van der Waals surface area (Å²) in [4.78, 5) is 4.96. The first kappa shape index (κ1) is 17.0. The molecule has 20 heavy (non-hydrogen) atoms. The van der Waals surface area contributed by atoms with Gasteiger partial charge >= 0.3 is 0 Å². The van der Waals surface area contributed by atoms with Gasteiger partial charge in [0.05, 0.1) is 0 Å². The molecule has 0 saturated carbocycles. The minimum absolute atomic E-state index is 0.620. The number of rotatable bonds is 6. The molecule has 0 spiro atoms. The van der Waals surface area contributed by atoms with E-state index in [1.807, 2.05) is 0 Å². The Bertz CT molecular complexity index is 371. The van der Waals surface area contributed by atoms with Gasteiger partial charge in [-0.15, -0.1) is 0 Å². The predicted octanol–water partition coefficient (Wildman–Crippen LogP) is 4.08. The lowest BCUT2D eigenvalue weighted by Gasteiger charge is -2.37. The highest BCUT2D eigenvalue weighted by molar-refractivity contribution is 5.41. The predicted molar refractivity (Wildman–Crippen MR) is 89.8 cm³/mol. The second-order valence-electron chi connectivity index (χ2n) is 5.77. The van der Waals surface area contributed by atoms with Crippen molar-refractivity contribution in [2.45, 2.75) is 41.0 Å². The van der Waals surface area contributed by atoms with E-state index < -0.39 is 0 Å². The number of allylic oxidation sites excluding steroid dienone is 3. The van der Waals surface area contributed by atoms with E-state index in [4.69, 9.17) is 0 Å². The van der Waals surface area contributed by atoms with Gasteiger partial charge in [-0.3, -0.25) is 0 Å². The molecule has 0 bridgehead atoms. The summed E-state index contributed by atoms with van der Waals surface area (Å²) in [6, 6.07) is 0. The van der Waals surface area contributed by atoms with E-state index in [0.717, 1.165) is 32.7 Å². The van der Waals surface area contributed by atoms with Gasteiger partial charge in [0, 0.05) is 31.9 Å². The van der Waals surface area contributed by atoms with E-state index in [9.17, 15) is 0 Å². The Hall–Kier alpha value is -1.02. The number of piperazine rings is 1. The Balaban J connectivity index is 2.85. The fourth-order valence-corrected chi connectivity index (χ4v) is 2.70. The zero-order chi connectivity index (χ0) is 15.1. The molecule has 114 valence electrons. The molecule has 0 aromatic rings. The average molecular weight is 276 g/mol. The number of hydrogen-bond acceptors (Lipinski definition) is 2. The zero-order valence-electron chi connectivity index (χ0n) is 14.1. The topological polar surface area (TPSA) is 6.48 Å². The minimum atomic E-state index is 0.620. The van der Waals surface area contributed by atoms with Crippen molar-refractivity contribution in [2.24, 2.45) is 5.92 Å². The van der Waals surface area contributed by atoms with Crippen LogP contribution in [0, 0.1) is 5.92 Å². The SMILES string of the molecule is C=C(C(/C=C\C)=C(\C)C(C)CC)N1CCN(CC)CC1. The van der Waals surface area contributed by atoms with Gasteiger partial charge < -0.3 is 9.80 Å². The smallest absolute Gasteiger partial charge is 0.0367 e. The largest absolute Gasteiger partial charge is 0.369 e. The first-order chi connectivity index (χ1) is 9.54. The van der Waals surface area contributed by atoms with E-state index in [1.165, 1.54) is 23.3 Å². The number of likely N-dealkylation sites (N-methyl/N-ethyl adjacent to an activating group) is 1. The maximum absolute atomic E-state index is 4.38. The van der Waals surface area contributed by atoms with Gasteiger partial charge in [-0.1, -0.05) is 45.1 Å². The van der Waals surface area contributed by atoms with Crippen LogP contribution < -0.4 is 0 Å². The summed E-state index contributed by atoms with van der Waals surface area (Å²) in [6.45, 7) is 21.2. The summed E-state index contributed by atoms with van der Waals surface area (Å²) < 4.78 is 0. The van der Waals surface area contributed by atoms with Gasteiger partial charge in [-0.25, -0.2) is 0 Å². The fourth-order valence-electron chi connectivity index (χ4n) is 2.70. The molecule has 2 nitrogen and oxygen atoms in total. The van der Waals surface area contributed by atoms with Crippen molar-refractivity contribution >= 4 is 0 Å². The van der Waals surface area contributed by atoms with Crippen molar-refractivity contribution in [3.63, 3.8) is 0 Å². The molecular weight excluding hydrogens is 244 g/mol. The van der Waals surface area contributed by atoms with Crippen molar-refractivity contribution < 1.29 is 0 Å². The highest BCUT2D eigenvalue weighted by Gasteiger charge is 2.19. The summed E-state index contributed by atoms with van der Waals surface area (Å²) in [5.74, 6) is 0.620. The van der Waals surface area contributed by atoms with Crippen molar-refractivity contribution in [3.05, 3.63) is 35.6 Å². The number of nitrogens with zero attached hydrogens (tertiary/aromatic N) is 2. The maximum atomic E-state index is 4.38. The van der Waals surface area contributed by atoms with Crippen molar-refractivity contribution in [2.75, 3.05) is 32.7 Å². The van der Waals surface area contributed by atoms with Crippen LogP contribution in [0.4, 0.5) is 0 Å². The summed E-state index contributed by atoms with van der Waals surface area (Å²) >= 11 is 0. The van der Waals surface area contributed by atoms with Crippen LogP contribution in [0.3, 0.4) is 0 Å².